The second-order valence-corrected chi connectivity index (χ2v) is 9.51. The number of thioether (sulfide) groups is 1. The summed E-state index contributed by atoms with van der Waals surface area (Å²) in [6.07, 6.45) is 0.593. The molecule has 0 heterocycles. The van der Waals surface area contributed by atoms with Gasteiger partial charge in [0.15, 0.2) is 0 Å². The van der Waals surface area contributed by atoms with Gasteiger partial charge in [0.1, 0.15) is 11.5 Å². The van der Waals surface area contributed by atoms with Crippen LogP contribution < -0.4 is 15.4 Å². The zero-order valence-corrected chi connectivity index (χ0v) is 21.3. The van der Waals surface area contributed by atoms with Crippen LogP contribution in [0.5, 0.6) is 11.5 Å². The Hall–Kier alpha value is -4.63. The maximum absolute atomic E-state index is 13.0. The molecule has 0 aliphatic carbocycles. The Morgan fingerprint density at radius 1 is 0.842 bits per heavy atom. The normalized spacial score (nSPS) is 11.3. The van der Waals surface area contributed by atoms with E-state index in [0.717, 1.165) is 10.6 Å². The van der Waals surface area contributed by atoms with Crippen LogP contribution in [-0.4, -0.2) is 22.0 Å². The van der Waals surface area contributed by atoms with E-state index in [2.05, 4.69) is 10.6 Å². The van der Waals surface area contributed by atoms with E-state index in [1.165, 1.54) is 36.0 Å². The lowest BCUT2D eigenvalue weighted by Crippen LogP contribution is -2.24. The van der Waals surface area contributed by atoms with Crippen molar-refractivity contribution in [1.82, 2.24) is 0 Å². The number of carbonyl (C=O) groups is 2. The van der Waals surface area contributed by atoms with Gasteiger partial charge in [-0.25, -0.2) is 0 Å². The highest BCUT2D eigenvalue weighted by Crippen LogP contribution is 2.29. The Balaban J connectivity index is 1.36. The Morgan fingerprint density at radius 2 is 1.55 bits per heavy atom. The lowest BCUT2D eigenvalue weighted by molar-refractivity contribution is -0.384. The molecule has 0 spiro atoms. The first kappa shape index (κ1) is 26.4. The van der Waals surface area contributed by atoms with Crippen LogP contribution in [0.1, 0.15) is 23.7 Å². The van der Waals surface area contributed by atoms with Crippen LogP contribution in [0.3, 0.4) is 0 Å². The molecule has 4 aromatic rings. The van der Waals surface area contributed by atoms with E-state index in [1.54, 1.807) is 42.5 Å². The number of amides is 2. The molecule has 4 rings (SSSR count). The molecule has 1 atom stereocenters. The van der Waals surface area contributed by atoms with Crippen molar-refractivity contribution in [2.45, 2.75) is 23.5 Å². The number of hydrogen-bond acceptors (Lipinski definition) is 6. The van der Waals surface area contributed by atoms with Crippen molar-refractivity contribution in [3.63, 3.8) is 0 Å². The van der Waals surface area contributed by atoms with Crippen molar-refractivity contribution >= 4 is 40.6 Å². The second kappa shape index (κ2) is 12.6. The summed E-state index contributed by atoms with van der Waals surface area (Å²) in [6.45, 7) is 1.93. The summed E-state index contributed by atoms with van der Waals surface area (Å²) in [6, 6.07) is 29.3. The van der Waals surface area contributed by atoms with E-state index >= 15 is 0 Å². The third-order valence-corrected chi connectivity index (χ3v) is 6.81. The Labute approximate surface area is 224 Å². The van der Waals surface area contributed by atoms with Gasteiger partial charge >= 0.3 is 0 Å². The van der Waals surface area contributed by atoms with Crippen molar-refractivity contribution in [2.75, 3.05) is 10.6 Å². The first-order chi connectivity index (χ1) is 18.4. The van der Waals surface area contributed by atoms with Crippen LogP contribution in [-0.2, 0) is 4.79 Å². The Morgan fingerprint density at radius 3 is 2.26 bits per heavy atom. The summed E-state index contributed by atoms with van der Waals surface area (Å²) in [5.41, 5.74) is 1.21. The summed E-state index contributed by atoms with van der Waals surface area (Å²) in [7, 11) is 0. The predicted molar refractivity (Wildman–Crippen MR) is 149 cm³/mol. The SMILES string of the molecule is CCC(Sc1cccc(NC(=O)c2cccc([N+](=O)[O-])c2)c1)C(=O)Nc1ccc(Oc2ccccc2)cc1. The molecular weight excluding hydrogens is 502 g/mol. The largest absolute Gasteiger partial charge is 0.457 e. The van der Waals surface area contributed by atoms with Crippen molar-refractivity contribution in [2.24, 2.45) is 0 Å². The molecule has 2 N–H and O–H groups in total. The number of para-hydroxylation sites is 1. The van der Waals surface area contributed by atoms with Crippen LogP contribution in [0, 0.1) is 10.1 Å². The fourth-order valence-electron chi connectivity index (χ4n) is 3.55. The van der Waals surface area contributed by atoms with Gasteiger partial charge in [-0.3, -0.25) is 19.7 Å². The van der Waals surface area contributed by atoms with Gasteiger partial charge < -0.3 is 15.4 Å². The highest BCUT2D eigenvalue weighted by atomic mass is 32.2. The van der Waals surface area contributed by atoms with E-state index in [-0.39, 0.29) is 22.4 Å². The van der Waals surface area contributed by atoms with Crippen LogP contribution in [0.25, 0.3) is 0 Å². The van der Waals surface area contributed by atoms with Gasteiger partial charge in [-0.15, -0.1) is 11.8 Å². The van der Waals surface area contributed by atoms with Crippen molar-refractivity contribution < 1.29 is 19.2 Å². The molecule has 38 heavy (non-hydrogen) atoms. The quantitative estimate of drug-likeness (QED) is 0.129. The minimum Gasteiger partial charge on any atom is -0.457 e. The molecular formula is C29H25N3O5S. The van der Waals surface area contributed by atoms with Crippen LogP contribution in [0.2, 0.25) is 0 Å². The maximum atomic E-state index is 13.0. The summed E-state index contributed by atoms with van der Waals surface area (Å²) in [4.78, 5) is 36.8. The van der Waals surface area contributed by atoms with Gasteiger partial charge in [0, 0.05) is 34.0 Å². The number of nitro groups is 1. The Bertz CT molecular complexity index is 1430. The molecule has 1 unspecified atom stereocenters. The van der Waals surface area contributed by atoms with Crippen LogP contribution >= 0.6 is 11.8 Å². The minimum atomic E-state index is -0.545. The molecule has 0 bridgehead atoms. The standard InChI is InChI=1S/C29H25N3O5S/c1-2-27(29(34)30-21-14-16-25(17-15-21)37-24-11-4-3-5-12-24)38-26-13-7-9-22(19-26)31-28(33)20-8-6-10-23(18-20)32(35)36/h3-19,27H,2H2,1H3,(H,30,34)(H,31,33). The smallest absolute Gasteiger partial charge is 0.270 e. The lowest BCUT2D eigenvalue weighted by Gasteiger charge is -2.16. The van der Waals surface area contributed by atoms with Gasteiger partial charge in [0.2, 0.25) is 5.91 Å². The van der Waals surface area contributed by atoms with E-state index in [4.69, 9.17) is 4.74 Å². The number of benzene rings is 4. The van der Waals surface area contributed by atoms with E-state index in [9.17, 15) is 19.7 Å². The number of ether oxygens (including phenoxy) is 1. The van der Waals surface area contributed by atoms with Gasteiger partial charge in [-0.2, -0.15) is 0 Å². The highest BCUT2D eigenvalue weighted by molar-refractivity contribution is 8.00. The zero-order chi connectivity index (χ0) is 26.9. The molecule has 0 fully saturated rings. The third kappa shape index (κ3) is 7.21. The number of non-ortho nitro benzene ring substituents is 1. The number of anilines is 2. The topological polar surface area (TPSA) is 111 Å². The summed E-state index contributed by atoms with van der Waals surface area (Å²) >= 11 is 1.39. The highest BCUT2D eigenvalue weighted by Gasteiger charge is 2.19. The van der Waals surface area contributed by atoms with E-state index in [1.807, 2.05) is 43.3 Å². The number of carbonyl (C=O) groups excluding carboxylic acids is 2. The van der Waals surface area contributed by atoms with Gasteiger partial charge in [-0.05, 0) is 67.1 Å². The summed E-state index contributed by atoms with van der Waals surface area (Å²) < 4.78 is 5.79. The van der Waals surface area contributed by atoms with Gasteiger partial charge in [0.05, 0.1) is 10.2 Å². The third-order valence-electron chi connectivity index (χ3n) is 5.45. The maximum Gasteiger partial charge on any atom is 0.270 e. The molecule has 0 aliphatic rings. The molecule has 9 heteroatoms. The molecule has 0 saturated heterocycles. The van der Waals surface area contributed by atoms with E-state index < -0.39 is 10.8 Å². The number of rotatable bonds is 10. The molecule has 0 radical (unpaired) electrons. The molecule has 8 nitrogen and oxygen atoms in total. The molecule has 4 aromatic carbocycles. The van der Waals surface area contributed by atoms with Crippen LogP contribution in [0.15, 0.2) is 108 Å². The number of nitro benzene ring substituents is 1. The molecule has 0 aromatic heterocycles. The first-order valence-corrected chi connectivity index (χ1v) is 12.8. The summed E-state index contributed by atoms with van der Waals surface area (Å²) in [5, 5.41) is 16.3. The van der Waals surface area contributed by atoms with E-state index in [0.29, 0.717) is 23.5 Å². The predicted octanol–water partition coefficient (Wildman–Crippen LogP) is 7.15. The Kier molecular flexibility index (Phi) is 8.73. The number of nitrogens with one attached hydrogen (secondary N) is 2. The van der Waals surface area contributed by atoms with Crippen molar-refractivity contribution in [3.8, 4) is 11.5 Å². The summed E-state index contributed by atoms with van der Waals surface area (Å²) in [5.74, 6) is 0.801. The minimum absolute atomic E-state index is 0.139. The number of hydrogen-bond donors (Lipinski definition) is 2. The fourth-order valence-corrected chi connectivity index (χ4v) is 4.56. The average molecular weight is 528 g/mol. The molecule has 192 valence electrons. The second-order valence-electron chi connectivity index (χ2n) is 8.23. The average Bonchev–Trinajstić information content (AvgIpc) is 2.93. The van der Waals surface area contributed by atoms with Crippen molar-refractivity contribution in [1.29, 1.82) is 0 Å². The zero-order valence-electron chi connectivity index (χ0n) is 20.5. The van der Waals surface area contributed by atoms with Crippen molar-refractivity contribution in [3.05, 3.63) is 119 Å². The lowest BCUT2D eigenvalue weighted by atomic mass is 10.2. The molecule has 0 saturated carbocycles. The monoisotopic (exact) mass is 527 g/mol. The fraction of sp³-hybridized carbons (Fsp3) is 0.103. The first-order valence-electron chi connectivity index (χ1n) is 11.9. The number of nitrogens with zero attached hydrogens (tertiary/aromatic N) is 1. The van der Waals surface area contributed by atoms with Gasteiger partial charge in [-0.1, -0.05) is 37.3 Å². The molecule has 2 amide bonds. The van der Waals surface area contributed by atoms with Gasteiger partial charge in [0.25, 0.3) is 11.6 Å². The van der Waals surface area contributed by atoms with Crippen LogP contribution in [0.4, 0.5) is 17.1 Å². The molecule has 0 aliphatic heterocycles.